The van der Waals surface area contributed by atoms with Gasteiger partial charge in [-0.15, -0.1) is 11.8 Å². The minimum atomic E-state index is -1.19. The first-order valence-corrected chi connectivity index (χ1v) is 20.0. The third-order valence-corrected chi connectivity index (χ3v) is 12.1. The lowest BCUT2D eigenvalue weighted by Crippen LogP contribution is -2.57. The van der Waals surface area contributed by atoms with Crippen molar-refractivity contribution >= 4 is 41.4 Å². The van der Waals surface area contributed by atoms with Crippen molar-refractivity contribution in [1.29, 1.82) is 0 Å². The van der Waals surface area contributed by atoms with Gasteiger partial charge in [0.05, 0.1) is 11.3 Å². The SMILES string of the molecule is CC(=O)CNC(=O)C1(NC(=O)[C@@H](CSC(c2ccccc2)(c2ccccc2)c2ccccc2)NC(=O)CNC(=O)OCC2c3ccccc3-c3ccccc32)CC1. The number of alkyl carbamates (subject to hydrolysis) is 1. The summed E-state index contributed by atoms with van der Waals surface area (Å²) < 4.78 is 4.84. The quantitative estimate of drug-likeness (QED) is 0.0889. The van der Waals surface area contributed by atoms with Crippen LogP contribution in [0.4, 0.5) is 4.79 Å². The first-order valence-electron chi connectivity index (χ1n) is 19.0. The third-order valence-electron chi connectivity index (χ3n) is 10.4. The molecule has 0 spiro atoms. The van der Waals surface area contributed by atoms with Crippen molar-refractivity contribution < 1.29 is 28.7 Å². The van der Waals surface area contributed by atoms with Crippen molar-refractivity contribution in [1.82, 2.24) is 21.3 Å². The molecule has 0 heterocycles. The maximum Gasteiger partial charge on any atom is 0.407 e. The maximum atomic E-state index is 14.2. The minimum Gasteiger partial charge on any atom is -0.449 e. The predicted octanol–water partition coefficient (Wildman–Crippen LogP) is 6.09. The Bertz CT molecular complexity index is 2110. The summed E-state index contributed by atoms with van der Waals surface area (Å²) in [6, 6.07) is 44.8. The van der Waals surface area contributed by atoms with Crippen molar-refractivity contribution in [2.24, 2.45) is 0 Å². The third kappa shape index (κ3) is 8.63. The van der Waals surface area contributed by atoms with Gasteiger partial charge in [-0.25, -0.2) is 4.79 Å². The Labute approximate surface area is 336 Å². The van der Waals surface area contributed by atoms with E-state index < -0.39 is 46.7 Å². The van der Waals surface area contributed by atoms with Crippen LogP contribution in [0, 0.1) is 0 Å². The Morgan fingerprint density at radius 3 is 1.67 bits per heavy atom. The average Bonchev–Trinajstić information content (AvgIpc) is 3.96. The summed E-state index contributed by atoms with van der Waals surface area (Å²) in [7, 11) is 0. The van der Waals surface area contributed by atoms with Gasteiger partial charge in [0.1, 0.15) is 30.5 Å². The van der Waals surface area contributed by atoms with Crippen molar-refractivity contribution in [2.45, 2.75) is 42.0 Å². The van der Waals surface area contributed by atoms with E-state index in [1.807, 2.05) is 127 Å². The highest BCUT2D eigenvalue weighted by Crippen LogP contribution is 2.49. The lowest BCUT2D eigenvalue weighted by molar-refractivity contribution is -0.132. The van der Waals surface area contributed by atoms with Crippen LogP contribution in [0.15, 0.2) is 140 Å². The van der Waals surface area contributed by atoms with Gasteiger partial charge in [-0.1, -0.05) is 140 Å². The molecule has 0 bridgehead atoms. The van der Waals surface area contributed by atoms with Gasteiger partial charge in [-0.3, -0.25) is 19.2 Å². The van der Waals surface area contributed by atoms with E-state index in [2.05, 4.69) is 33.4 Å². The molecule has 2 aliphatic carbocycles. The second-order valence-electron chi connectivity index (χ2n) is 14.3. The zero-order valence-corrected chi connectivity index (χ0v) is 32.4. The molecule has 4 amide bonds. The summed E-state index contributed by atoms with van der Waals surface area (Å²) in [5.74, 6) is -1.89. The number of thioether (sulfide) groups is 1. The largest absolute Gasteiger partial charge is 0.449 e. The van der Waals surface area contributed by atoms with Gasteiger partial charge < -0.3 is 26.0 Å². The molecule has 7 rings (SSSR count). The number of hydrogen-bond donors (Lipinski definition) is 4. The Hall–Kier alpha value is -6.20. The lowest BCUT2D eigenvalue weighted by Gasteiger charge is -2.36. The van der Waals surface area contributed by atoms with Crippen molar-refractivity contribution in [3.63, 3.8) is 0 Å². The smallest absolute Gasteiger partial charge is 0.407 e. The van der Waals surface area contributed by atoms with E-state index in [1.54, 1.807) is 0 Å². The molecule has 0 saturated heterocycles. The molecule has 4 N–H and O–H groups in total. The van der Waals surface area contributed by atoms with Gasteiger partial charge in [0, 0.05) is 11.7 Å². The summed E-state index contributed by atoms with van der Waals surface area (Å²) >= 11 is 1.48. The maximum absolute atomic E-state index is 14.2. The number of rotatable bonds is 16. The normalized spacial score (nSPS) is 14.3. The molecule has 0 radical (unpaired) electrons. The fourth-order valence-corrected chi connectivity index (χ4v) is 9.00. The number of amides is 4. The number of nitrogens with one attached hydrogen (secondary N) is 4. The number of Topliss-reactive ketones (excluding diaryl/α,β-unsaturated/α-hetero) is 1. The van der Waals surface area contributed by atoms with E-state index in [0.717, 1.165) is 38.9 Å². The Balaban J connectivity index is 1.09. The van der Waals surface area contributed by atoms with Crippen molar-refractivity contribution in [3.05, 3.63) is 167 Å². The van der Waals surface area contributed by atoms with Gasteiger partial charge in [0.2, 0.25) is 17.7 Å². The Kier molecular flexibility index (Phi) is 11.9. The number of ketones is 1. The van der Waals surface area contributed by atoms with E-state index in [4.69, 9.17) is 4.74 Å². The standard InChI is InChI=1S/C46H44N4O6S/c1-31(51)27-47-43(54)45(25-26-45)50-42(53)40(30-57-46(32-15-5-2-6-16-32,33-17-7-3-8-18-33)34-19-9-4-10-20-34)49-41(52)28-48-44(55)56-29-39-37-23-13-11-21-35(37)36-22-12-14-24-38(36)39/h2-24,39-40H,25-30H2,1H3,(H,47,54)(H,48,55)(H,49,52)(H,50,53)/t40-/m1/s1. The second-order valence-corrected chi connectivity index (χ2v) is 15.6. The van der Waals surface area contributed by atoms with Gasteiger partial charge in [-0.05, 0) is 58.7 Å². The van der Waals surface area contributed by atoms with E-state index >= 15 is 0 Å². The number of carbonyl (C=O) groups is 5. The summed E-state index contributed by atoms with van der Waals surface area (Å²) in [4.78, 5) is 65.5. The molecular weight excluding hydrogens is 737 g/mol. The zero-order valence-electron chi connectivity index (χ0n) is 31.5. The summed E-state index contributed by atoms with van der Waals surface area (Å²) in [5.41, 5.74) is 6.06. The molecule has 0 aliphatic heterocycles. The van der Waals surface area contributed by atoms with Crippen LogP contribution in [0.1, 0.15) is 53.5 Å². The predicted molar refractivity (Wildman–Crippen MR) is 220 cm³/mol. The number of benzene rings is 5. The van der Waals surface area contributed by atoms with Crippen LogP contribution >= 0.6 is 11.8 Å². The van der Waals surface area contributed by atoms with Crippen molar-refractivity contribution in [3.8, 4) is 11.1 Å². The van der Waals surface area contributed by atoms with Crippen LogP contribution in [0.5, 0.6) is 0 Å². The second kappa shape index (κ2) is 17.3. The molecule has 57 heavy (non-hydrogen) atoms. The summed E-state index contributed by atoms with van der Waals surface area (Å²) in [6.07, 6.45) is 0.0150. The zero-order chi connectivity index (χ0) is 39.8. The molecule has 2 aliphatic rings. The molecule has 1 atom stereocenters. The fourth-order valence-electron chi connectivity index (χ4n) is 7.44. The molecule has 10 nitrogen and oxygen atoms in total. The molecule has 0 aromatic heterocycles. The van der Waals surface area contributed by atoms with Gasteiger partial charge in [-0.2, -0.15) is 0 Å². The minimum absolute atomic E-state index is 0.0808. The number of fused-ring (bicyclic) bond motifs is 3. The summed E-state index contributed by atoms with van der Waals surface area (Å²) in [5, 5.41) is 10.9. The molecular formula is C46H44N4O6S. The Morgan fingerprint density at radius 1 is 0.684 bits per heavy atom. The van der Waals surface area contributed by atoms with E-state index in [1.165, 1.54) is 18.7 Å². The van der Waals surface area contributed by atoms with Crippen LogP contribution in [0.3, 0.4) is 0 Å². The fraction of sp³-hybridized carbons (Fsp3) is 0.239. The van der Waals surface area contributed by atoms with E-state index in [-0.39, 0.29) is 30.6 Å². The first kappa shape index (κ1) is 39.1. The monoisotopic (exact) mass is 780 g/mol. The van der Waals surface area contributed by atoms with E-state index in [9.17, 15) is 24.0 Å². The molecule has 1 saturated carbocycles. The Morgan fingerprint density at radius 2 is 1.18 bits per heavy atom. The molecule has 1 fully saturated rings. The first-order chi connectivity index (χ1) is 27.7. The average molecular weight is 781 g/mol. The number of hydrogen-bond acceptors (Lipinski definition) is 7. The molecule has 5 aromatic rings. The molecule has 5 aromatic carbocycles. The molecule has 0 unspecified atom stereocenters. The molecule has 290 valence electrons. The van der Waals surface area contributed by atoms with Crippen molar-refractivity contribution in [2.75, 3.05) is 25.4 Å². The van der Waals surface area contributed by atoms with Gasteiger partial charge in [0.15, 0.2) is 0 Å². The van der Waals surface area contributed by atoms with Crippen LogP contribution in [0.2, 0.25) is 0 Å². The van der Waals surface area contributed by atoms with Crippen LogP contribution in [0.25, 0.3) is 11.1 Å². The topological polar surface area (TPSA) is 143 Å². The van der Waals surface area contributed by atoms with E-state index in [0.29, 0.717) is 12.8 Å². The summed E-state index contributed by atoms with van der Waals surface area (Å²) in [6.45, 7) is 0.853. The molecule has 11 heteroatoms. The van der Waals surface area contributed by atoms with Crippen LogP contribution in [-0.2, 0) is 28.7 Å². The highest BCUT2D eigenvalue weighted by Gasteiger charge is 2.52. The number of ether oxygens (including phenoxy) is 1. The van der Waals surface area contributed by atoms with Crippen LogP contribution in [-0.4, -0.2) is 66.6 Å². The number of carbonyl (C=O) groups excluding carboxylic acids is 5. The highest BCUT2D eigenvalue weighted by atomic mass is 32.2. The highest BCUT2D eigenvalue weighted by molar-refractivity contribution is 8.00. The lowest BCUT2D eigenvalue weighted by atomic mass is 9.84. The van der Waals surface area contributed by atoms with Crippen LogP contribution < -0.4 is 21.3 Å². The van der Waals surface area contributed by atoms with Gasteiger partial charge in [0.25, 0.3) is 0 Å². The van der Waals surface area contributed by atoms with Gasteiger partial charge >= 0.3 is 6.09 Å².